The Morgan fingerprint density at radius 3 is 2.89 bits per heavy atom. The summed E-state index contributed by atoms with van der Waals surface area (Å²) in [6, 6.07) is 5.39. The maximum atomic E-state index is 10.3. The van der Waals surface area contributed by atoms with E-state index >= 15 is 0 Å². The molecule has 0 aliphatic heterocycles. The van der Waals surface area contributed by atoms with Crippen LogP contribution in [0.4, 0.5) is 11.4 Å². The number of phenolic OH excluding ortho intramolecular Hbond substituents is 1. The number of anilines is 2. The van der Waals surface area contributed by atoms with Crippen molar-refractivity contribution in [1.29, 1.82) is 0 Å². The predicted octanol–water partition coefficient (Wildman–Crippen LogP) is 2.94. The predicted molar refractivity (Wildman–Crippen MR) is 112 cm³/mol. The molecule has 2 rings (SSSR count). The number of ether oxygens (including phenoxy) is 1. The molecule has 0 saturated carbocycles. The van der Waals surface area contributed by atoms with E-state index in [9.17, 15) is 5.11 Å². The number of nitrogens with one attached hydrogen (secondary N) is 2. The second-order valence-electron chi connectivity index (χ2n) is 6.90. The third kappa shape index (κ3) is 5.61. The molecule has 0 heterocycles. The van der Waals surface area contributed by atoms with Crippen LogP contribution in [-0.2, 0) is 4.74 Å². The molecule has 6 heteroatoms. The van der Waals surface area contributed by atoms with E-state index in [1.807, 2.05) is 25.1 Å². The average Bonchev–Trinajstić information content (AvgIpc) is 2.67. The first-order valence-electron chi connectivity index (χ1n) is 9.37. The molecule has 2 atom stereocenters. The zero-order valence-corrected chi connectivity index (χ0v) is 16.5. The topological polar surface area (TPSA) is 91.5 Å². The van der Waals surface area contributed by atoms with Gasteiger partial charge in [0.1, 0.15) is 5.75 Å². The average molecular weight is 372 g/mol. The van der Waals surface area contributed by atoms with Crippen LogP contribution in [0.2, 0.25) is 0 Å². The Morgan fingerprint density at radius 1 is 1.48 bits per heavy atom. The van der Waals surface area contributed by atoms with Crippen molar-refractivity contribution in [3.8, 4) is 5.75 Å². The van der Waals surface area contributed by atoms with Crippen molar-refractivity contribution in [2.45, 2.75) is 33.1 Å². The molecule has 1 aromatic carbocycles. The van der Waals surface area contributed by atoms with Crippen molar-refractivity contribution in [2.24, 2.45) is 16.9 Å². The number of hydrogen-bond acceptors (Lipinski definition) is 5. The molecule has 27 heavy (non-hydrogen) atoms. The molecule has 0 fully saturated rings. The highest BCUT2D eigenvalue weighted by atomic mass is 16.5. The van der Waals surface area contributed by atoms with E-state index in [2.05, 4.69) is 29.3 Å². The maximum absolute atomic E-state index is 10.3. The lowest BCUT2D eigenvalue weighted by molar-refractivity contribution is -0.116. The molecule has 2 unspecified atom stereocenters. The minimum atomic E-state index is 0.125. The second kappa shape index (κ2) is 9.80. The Morgan fingerprint density at radius 2 is 2.26 bits per heavy atom. The monoisotopic (exact) mass is 371 g/mol. The fraction of sp³-hybridized carbons (Fsp3) is 0.429. The van der Waals surface area contributed by atoms with Crippen molar-refractivity contribution in [2.75, 3.05) is 24.4 Å². The van der Waals surface area contributed by atoms with Crippen LogP contribution in [-0.4, -0.2) is 30.2 Å². The van der Waals surface area contributed by atoms with E-state index in [0.29, 0.717) is 23.0 Å². The molecule has 1 aliphatic carbocycles. The Balaban J connectivity index is 2.05. The molecule has 6 nitrogen and oxygen atoms in total. The van der Waals surface area contributed by atoms with Gasteiger partial charge in [-0.3, -0.25) is 10.8 Å². The summed E-state index contributed by atoms with van der Waals surface area (Å²) in [4.78, 5) is 0. The third-order valence-electron chi connectivity index (χ3n) is 4.86. The third-order valence-corrected chi connectivity index (χ3v) is 4.86. The Hall–Kier alpha value is -2.76. The fourth-order valence-corrected chi connectivity index (χ4v) is 2.95. The van der Waals surface area contributed by atoms with Gasteiger partial charge in [0.15, 0.2) is 5.71 Å². The minimum absolute atomic E-state index is 0.125. The van der Waals surface area contributed by atoms with Gasteiger partial charge >= 0.3 is 0 Å². The van der Waals surface area contributed by atoms with Crippen molar-refractivity contribution in [3.05, 3.63) is 42.7 Å². The van der Waals surface area contributed by atoms with Crippen molar-refractivity contribution < 1.29 is 15.3 Å². The van der Waals surface area contributed by atoms with Gasteiger partial charge in [-0.1, -0.05) is 26.3 Å². The van der Waals surface area contributed by atoms with Crippen LogP contribution in [0.1, 0.15) is 33.1 Å². The molecule has 1 aliphatic rings. The van der Waals surface area contributed by atoms with E-state index in [4.69, 9.17) is 10.1 Å². The Labute approximate surface area is 161 Å². The van der Waals surface area contributed by atoms with Gasteiger partial charge in [-0.05, 0) is 24.5 Å². The van der Waals surface area contributed by atoms with Gasteiger partial charge in [-0.15, -0.1) is 6.58 Å². The first-order valence-corrected chi connectivity index (χ1v) is 9.37. The van der Waals surface area contributed by atoms with Gasteiger partial charge in [0, 0.05) is 36.7 Å². The first kappa shape index (κ1) is 20.6. The van der Waals surface area contributed by atoms with E-state index in [0.717, 1.165) is 37.3 Å². The van der Waals surface area contributed by atoms with Crippen molar-refractivity contribution >= 4 is 22.8 Å². The molecule has 1 aromatic rings. The molecular formula is C21H31N4O2+. The highest BCUT2D eigenvalue weighted by Gasteiger charge is 2.26. The number of methoxy groups -OCH3 is 1. The van der Waals surface area contributed by atoms with Gasteiger partial charge in [-0.25, -0.2) is 0 Å². The quantitative estimate of drug-likeness (QED) is 0.305. The molecule has 0 bridgehead atoms. The number of rotatable bonds is 9. The standard InChI is InChI=1S/C21H30N4O2/c1-5-7-15(6-2)13-23-16-8-9-18(20(26)11-16)24-25-19-12-17(27-4)10-14(3)21(19)22/h5,8-9,11-12,14-15,22-24,26H,1,6-7,10,13H2,2-4H3/p+1. The molecule has 0 aromatic heterocycles. The van der Waals surface area contributed by atoms with E-state index in [1.54, 1.807) is 19.2 Å². The first-order chi connectivity index (χ1) is 13.0. The number of allylic oxidation sites excluding steroid dienone is 3. The summed E-state index contributed by atoms with van der Waals surface area (Å²) in [5, 5.41) is 24.1. The SMILES string of the molecule is C=CCC(CC)CNc1ccc(NN=C2C=C(OC)CC(C)C2=[NH2+])c(O)c1. The van der Waals surface area contributed by atoms with Crippen LogP contribution in [0.25, 0.3) is 0 Å². The zero-order chi connectivity index (χ0) is 19.8. The lowest BCUT2D eigenvalue weighted by Gasteiger charge is -2.17. The van der Waals surface area contributed by atoms with E-state index in [1.165, 1.54) is 0 Å². The summed E-state index contributed by atoms with van der Waals surface area (Å²) in [6.45, 7) is 8.83. The van der Waals surface area contributed by atoms with Crippen LogP contribution in [0.15, 0.2) is 47.8 Å². The number of nitrogens with two attached hydrogens (primary N) is 1. The van der Waals surface area contributed by atoms with Crippen LogP contribution in [0.5, 0.6) is 5.75 Å². The molecule has 0 spiro atoms. The van der Waals surface area contributed by atoms with Crippen LogP contribution >= 0.6 is 0 Å². The van der Waals surface area contributed by atoms with Gasteiger partial charge in [-0.2, -0.15) is 5.10 Å². The number of benzene rings is 1. The summed E-state index contributed by atoms with van der Waals surface area (Å²) in [5.41, 5.74) is 5.61. The Bertz CT molecular complexity index is 740. The summed E-state index contributed by atoms with van der Waals surface area (Å²) in [6.07, 6.45) is 6.57. The summed E-state index contributed by atoms with van der Waals surface area (Å²) >= 11 is 0. The van der Waals surface area contributed by atoms with E-state index < -0.39 is 0 Å². The maximum Gasteiger partial charge on any atom is 0.203 e. The van der Waals surface area contributed by atoms with Crippen molar-refractivity contribution in [1.82, 2.24) is 0 Å². The zero-order valence-electron chi connectivity index (χ0n) is 16.5. The van der Waals surface area contributed by atoms with Gasteiger partial charge in [0.2, 0.25) is 5.71 Å². The second-order valence-corrected chi connectivity index (χ2v) is 6.90. The molecular weight excluding hydrogens is 340 g/mol. The molecule has 0 saturated heterocycles. The van der Waals surface area contributed by atoms with Crippen LogP contribution in [0, 0.1) is 11.8 Å². The largest absolute Gasteiger partial charge is 0.506 e. The molecule has 0 radical (unpaired) electrons. The number of nitrogens with zero attached hydrogens (tertiary/aromatic N) is 1. The summed E-state index contributed by atoms with van der Waals surface area (Å²) < 4.78 is 5.32. The number of hydrogen-bond donors (Lipinski definition) is 4. The normalized spacial score (nSPS) is 19.4. The van der Waals surface area contributed by atoms with Crippen LogP contribution < -0.4 is 16.2 Å². The van der Waals surface area contributed by atoms with Crippen molar-refractivity contribution in [3.63, 3.8) is 0 Å². The number of aromatic hydroxyl groups is 1. The number of phenols is 1. The summed E-state index contributed by atoms with van der Waals surface area (Å²) in [5.74, 6) is 1.65. The highest BCUT2D eigenvalue weighted by Crippen LogP contribution is 2.27. The number of hydrazone groups is 1. The van der Waals surface area contributed by atoms with Gasteiger partial charge in [0.05, 0.1) is 18.6 Å². The lowest BCUT2D eigenvalue weighted by Crippen LogP contribution is -2.50. The minimum Gasteiger partial charge on any atom is -0.506 e. The van der Waals surface area contributed by atoms with Gasteiger partial charge in [0.25, 0.3) is 0 Å². The van der Waals surface area contributed by atoms with Gasteiger partial charge < -0.3 is 15.2 Å². The van der Waals surface area contributed by atoms with E-state index in [-0.39, 0.29) is 11.7 Å². The molecule has 0 amide bonds. The smallest absolute Gasteiger partial charge is 0.203 e. The fourth-order valence-electron chi connectivity index (χ4n) is 2.95. The Kier molecular flexibility index (Phi) is 7.46. The molecule has 146 valence electrons. The van der Waals surface area contributed by atoms with Crippen LogP contribution in [0.3, 0.4) is 0 Å². The molecule has 5 N–H and O–H groups in total. The summed E-state index contributed by atoms with van der Waals surface area (Å²) in [7, 11) is 1.64. The highest BCUT2D eigenvalue weighted by molar-refractivity contribution is 6.45. The lowest BCUT2D eigenvalue weighted by atomic mass is 9.91.